The number of pyridine rings is 2. The van der Waals surface area contributed by atoms with Gasteiger partial charge in [0.05, 0.1) is 34.2 Å². The molecular weight excluding hydrogens is 689 g/mol. The van der Waals surface area contributed by atoms with Crippen molar-refractivity contribution in [1.82, 2.24) is 39.7 Å². The molecule has 2 saturated heterocycles. The van der Waals surface area contributed by atoms with E-state index in [0.29, 0.717) is 24.2 Å². The number of carbonyl (C=O) groups excluding carboxylic acids is 2. The Kier molecular flexibility index (Phi) is 9.85. The molecular formula is C40H38N8O2S2. The average Bonchev–Trinajstić information content (AvgIpc) is 4.00. The van der Waals surface area contributed by atoms with E-state index in [2.05, 4.69) is 68.5 Å². The summed E-state index contributed by atoms with van der Waals surface area (Å²) >= 11 is 0. The Bertz CT molecular complexity index is 2200. The molecule has 2 aliphatic heterocycles. The van der Waals surface area contributed by atoms with Crippen LogP contribution in [0.15, 0.2) is 110 Å². The standard InChI is InChI=1S/C40H34N8O2.2H2S/c49-39(27-13-17-41-18-14-27)47-21-1-3-35(47)37-43-31-11-9-29(23-33(31)45-37)25-5-7-26(8-6-25)30-10-12-32-34(24-30)46-38(44-32)36-4-2-22-48(36)40(50)28-15-19-42-20-16-28;;/h5-20,23-24,35-36H,1-4,21-22H2,(H,43,45)(H,44,46);2*1H2/t35-,36-;;/m0../s1. The van der Waals surface area contributed by atoms with Gasteiger partial charge in [-0.05, 0) is 96.5 Å². The number of imidazole rings is 2. The highest BCUT2D eigenvalue weighted by atomic mass is 32.1. The van der Waals surface area contributed by atoms with E-state index in [4.69, 9.17) is 9.97 Å². The molecule has 7 aromatic rings. The number of nitrogens with zero attached hydrogens (tertiary/aromatic N) is 6. The lowest BCUT2D eigenvalue weighted by molar-refractivity contribution is 0.0723. The minimum absolute atomic E-state index is 0. The van der Waals surface area contributed by atoms with Crippen LogP contribution < -0.4 is 0 Å². The zero-order chi connectivity index (χ0) is 33.6. The summed E-state index contributed by atoms with van der Waals surface area (Å²) in [7, 11) is 0. The average molecular weight is 727 g/mol. The number of hydrogen-bond donors (Lipinski definition) is 2. The van der Waals surface area contributed by atoms with Gasteiger partial charge in [0.2, 0.25) is 0 Å². The molecule has 2 N–H and O–H groups in total. The number of likely N-dealkylation sites (tertiary alicyclic amines) is 2. The molecule has 2 amide bonds. The highest BCUT2D eigenvalue weighted by Crippen LogP contribution is 2.36. The van der Waals surface area contributed by atoms with Crippen LogP contribution in [0.2, 0.25) is 0 Å². The van der Waals surface area contributed by atoms with Crippen LogP contribution in [0.3, 0.4) is 0 Å². The van der Waals surface area contributed by atoms with Gasteiger partial charge in [0.15, 0.2) is 0 Å². The molecule has 2 aliphatic rings. The summed E-state index contributed by atoms with van der Waals surface area (Å²) in [5.74, 6) is 1.67. The van der Waals surface area contributed by atoms with Gasteiger partial charge in [-0.25, -0.2) is 9.97 Å². The van der Waals surface area contributed by atoms with Crippen molar-refractivity contribution in [3.8, 4) is 22.3 Å². The van der Waals surface area contributed by atoms with Crippen LogP contribution in [0.4, 0.5) is 0 Å². The Morgan fingerprint density at radius 1 is 0.538 bits per heavy atom. The summed E-state index contributed by atoms with van der Waals surface area (Å²) in [5, 5.41) is 0. The summed E-state index contributed by atoms with van der Waals surface area (Å²) < 4.78 is 0. The second-order valence-electron chi connectivity index (χ2n) is 13.1. The molecule has 0 saturated carbocycles. The Hall–Kier alpha value is -5.46. The highest BCUT2D eigenvalue weighted by Gasteiger charge is 2.34. The van der Waals surface area contributed by atoms with E-state index in [9.17, 15) is 9.59 Å². The van der Waals surface area contributed by atoms with Crippen LogP contribution in [0.5, 0.6) is 0 Å². The van der Waals surface area contributed by atoms with Crippen molar-refractivity contribution in [2.24, 2.45) is 0 Å². The minimum Gasteiger partial charge on any atom is -0.340 e. The van der Waals surface area contributed by atoms with Crippen molar-refractivity contribution in [3.63, 3.8) is 0 Å². The normalized spacial score (nSPS) is 16.9. The summed E-state index contributed by atoms with van der Waals surface area (Å²) in [6.07, 6.45) is 10.3. The molecule has 0 bridgehead atoms. The molecule has 0 aliphatic carbocycles. The first-order valence-corrected chi connectivity index (χ1v) is 17.1. The number of aromatic nitrogens is 6. The second kappa shape index (κ2) is 14.6. The first-order valence-electron chi connectivity index (χ1n) is 17.1. The molecule has 52 heavy (non-hydrogen) atoms. The number of benzene rings is 3. The first-order chi connectivity index (χ1) is 24.6. The van der Waals surface area contributed by atoms with Gasteiger partial charge in [-0.15, -0.1) is 0 Å². The molecule has 0 spiro atoms. The molecule has 12 heteroatoms. The van der Waals surface area contributed by atoms with Gasteiger partial charge in [0.1, 0.15) is 11.6 Å². The maximum atomic E-state index is 13.3. The van der Waals surface area contributed by atoms with E-state index in [1.54, 1.807) is 49.1 Å². The van der Waals surface area contributed by atoms with E-state index in [1.165, 1.54) is 0 Å². The predicted molar refractivity (Wildman–Crippen MR) is 212 cm³/mol. The lowest BCUT2D eigenvalue weighted by Crippen LogP contribution is -2.31. The van der Waals surface area contributed by atoms with E-state index in [-0.39, 0.29) is 50.9 Å². The fraction of sp³-hybridized carbons (Fsp3) is 0.200. The third-order valence-corrected chi connectivity index (χ3v) is 10.1. The van der Waals surface area contributed by atoms with E-state index in [0.717, 1.165) is 81.7 Å². The fourth-order valence-corrected chi connectivity index (χ4v) is 7.50. The molecule has 6 heterocycles. The first kappa shape index (κ1) is 35.0. The predicted octanol–water partition coefficient (Wildman–Crippen LogP) is 7.74. The van der Waals surface area contributed by atoms with Gasteiger partial charge in [-0.3, -0.25) is 19.6 Å². The molecule has 2 fully saturated rings. The summed E-state index contributed by atoms with van der Waals surface area (Å²) in [4.78, 5) is 55.3. The molecule has 262 valence electrons. The van der Waals surface area contributed by atoms with Crippen molar-refractivity contribution < 1.29 is 9.59 Å². The summed E-state index contributed by atoms with van der Waals surface area (Å²) in [6.45, 7) is 1.42. The van der Waals surface area contributed by atoms with Crippen LogP contribution in [0.25, 0.3) is 44.3 Å². The Balaban J connectivity index is 0.00000210. The smallest absolute Gasteiger partial charge is 0.254 e. The number of hydrogen-bond acceptors (Lipinski definition) is 6. The van der Waals surface area contributed by atoms with Gasteiger partial charge < -0.3 is 19.8 Å². The van der Waals surface area contributed by atoms with Crippen LogP contribution in [0.1, 0.15) is 70.1 Å². The number of carbonyl (C=O) groups is 2. The van der Waals surface area contributed by atoms with Crippen LogP contribution in [0, 0.1) is 0 Å². The molecule has 10 nitrogen and oxygen atoms in total. The van der Waals surface area contributed by atoms with Crippen molar-refractivity contribution in [2.75, 3.05) is 13.1 Å². The fourth-order valence-electron chi connectivity index (χ4n) is 7.50. The lowest BCUT2D eigenvalue weighted by atomic mass is 10.00. The van der Waals surface area contributed by atoms with Crippen molar-refractivity contribution in [1.29, 1.82) is 0 Å². The second-order valence-corrected chi connectivity index (χ2v) is 13.1. The van der Waals surface area contributed by atoms with Gasteiger partial charge >= 0.3 is 0 Å². The van der Waals surface area contributed by atoms with E-state index < -0.39 is 0 Å². The topological polar surface area (TPSA) is 124 Å². The quantitative estimate of drug-likeness (QED) is 0.181. The van der Waals surface area contributed by atoms with Gasteiger partial charge in [-0.2, -0.15) is 27.0 Å². The summed E-state index contributed by atoms with van der Waals surface area (Å²) in [5.41, 5.74) is 9.36. The Morgan fingerprint density at radius 2 is 0.923 bits per heavy atom. The van der Waals surface area contributed by atoms with Crippen LogP contribution in [-0.2, 0) is 0 Å². The van der Waals surface area contributed by atoms with Crippen molar-refractivity contribution >= 4 is 60.9 Å². The molecule has 4 aromatic heterocycles. The molecule has 0 unspecified atom stereocenters. The highest BCUT2D eigenvalue weighted by molar-refractivity contribution is 7.59. The zero-order valence-corrected chi connectivity index (χ0v) is 30.3. The number of nitrogens with one attached hydrogen (secondary N) is 2. The van der Waals surface area contributed by atoms with E-state index >= 15 is 0 Å². The lowest BCUT2D eigenvalue weighted by Gasteiger charge is -2.23. The Morgan fingerprint density at radius 3 is 1.33 bits per heavy atom. The largest absolute Gasteiger partial charge is 0.340 e. The van der Waals surface area contributed by atoms with Crippen LogP contribution in [-0.4, -0.2) is 64.6 Å². The zero-order valence-electron chi connectivity index (χ0n) is 28.3. The van der Waals surface area contributed by atoms with Crippen molar-refractivity contribution in [3.05, 3.63) is 132 Å². The third kappa shape index (κ3) is 6.44. The SMILES string of the molecule is O=C(c1ccncc1)N1CCC[C@H]1c1nc2ccc(-c3ccc(-c4ccc5nc([C@@H]6CCCN6C(=O)c6ccncc6)[nH]c5c4)cc3)cc2[nH]1.S.S. The molecule has 0 radical (unpaired) electrons. The monoisotopic (exact) mass is 726 g/mol. The van der Waals surface area contributed by atoms with Gasteiger partial charge in [-0.1, -0.05) is 36.4 Å². The maximum absolute atomic E-state index is 13.3. The van der Waals surface area contributed by atoms with Gasteiger partial charge in [0, 0.05) is 49.0 Å². The third-order valence-electron chi connectivity index (χ3n) is 10.1. The molecule has 3 aromatic carbocycles. The Labute approximate surface area is 314 Å². The number of H-pyrrole nitrogens is 2. The van der Waals surface area contributed by atoms with Gasteiger partial charge in [0.25, 0.3) is 11.8 Å². The van der Waals surface area contributed by atoms with E-state index in [1.807, 2.05) is 21.9 Å². The number of rotatable bonds is 6. The minimum atomic E-state index is -0.0826. The van der Waals surface area contributed by atoms with Crippen LogP contribution >= 0.6 is 27.0 Å². The number of amides is 2. The molecule has 9 rings (SSSR count). The van der Waals surface area contributed by atoms with Crippen molar-refractivity contribution in [2.45, 2.75) is 37.8 Å². The summed E-state index contributed by atoms with van der Waals surface area (Å²) in [6, 6.07) is 28.0. The number of fused-ring (bicyclic) bond motifs is 2. The molecule has 2 atom stereocenters. The maximum Gasteiger partial charge on any atom is 0.254 e. The number of aromatic amines is 2.